The Kier molecular flexibility index (Phi) is 3.29. The number of piperidine rings is 1. The minimum absolute atomic E-state index is 0.198. The van der Waals surface area contributed by atoms with Gasteiger partial charge >= 0.3 is 16.4 Å². The van der Waals surface area contributed by atoms with Gasteiger partial charge in [-0.05, 0) is 37.5 Å². The van der Waals surface area contributed by atoms with Gasteiger partial charge in [0.1, 0.15) is 11.5 Å². The Balaban J connectivity index is 1.42. The highest BCUT2D eigenvalue weighted by molar-refractivity contribution is 7.80. The number of aromatic nitrogens is 1. The van der Waals surface area contributed by atoms with Crippen LogP contribution in [0.5, 0.6) is 0 Å². The second kappa shape index (κ2) is 5.18. The van der Waals surface area contributed by atoms with Crippen molar-refractivity contribution in [2.24, 2.45) is 11.1 Å². The van der Waals surface area contributed by atoms with Gasteiger partial charge in [-0.3, -0.25) is 4.55 Å². The minimum atomic E-state index is -4.76. The fourth-order valence-corrected chi connectivity index (χ4v) is 5.00. The van der Waals surface area contributed by atoms with Crippen molar-refractivity contribution in [2.75, 3.05) is 6.54 Å². The van der Waals surface area contributed by atoms with Crippen LogP contribution in [0.1, 0.15) is 55.5 Å². The maximum Gasteiger partial charge on any atom is 0.418 e. The topological polar surface area (TPSA) is 139 Å². The number of amides is 2. The summed E-state index contributed by atoms with van der Waals surface area (Å²) in [6.07, 6.45) is 4.16. The molecule has 2 saturated heterocycles. The van der Waals surface area contributed by atoms with Crippen LogP contribution >= 0.6 is 0 Å². The molecule has 5 rings (SSSR count). The van der Waals surface area contributed by atoms with Gasteiger partial charge in [0.15, 0.2) is 0 Å². The number of carbonyl (C=O) groups excluding carboxylic acids is 1. The first-order valence-corrected chi connectivity index (χ1v) is 10.1. The zero-order chi connectivity index (χ0) is 18.3. The third-order valence-electron chi connectivity index (χ3n) is 6.30. The number of carbonyl (C=O) groups is 1. The van der Waals surface area contributed by atoms with E-state index >= 15 is 0 Å². The largest absolute Gasteiger partial charge is 0.418 e. The normalized spacial score (nSPS) is 35.1. The van der Waals surface area contributed by atoms with E-state index in [-0.39, 0.29) is 29.5 Å². The molecule has 2 aliphatic carbocycles. The Morgan fingerprint density at radius 2 is 2.12 bits per heavy atom. The summed E-state index contributed by atoms with van der Waals surface area (Å²) in [6.45, 7) is 0.343. The molecule has 3 N–H and O–H groups in total. The van der Waals surface area contributed by atoms with Crippen molar-refractivity contribution >= 4 is 16.4 Å². The van der Waals surface area contributed by atoms with E-state index in [9.17, 15) is 13.2 Å². The van der Waals surface area contributed by atoms with Crippen LogP contribution in [0.3, 0.4) is 0 Å². The molecule has 142 valence electrons. The Morgan fingerprint density at radius 3 is 2.73 bits per heavy atom. The number of hydroxylamine groups is 2. The standard InChI is InChI=1S/C15H20N4O6S/c16-9-3-8(4-9)12-5-10(17-24-12)11-6-15(1-2-15)13-7-18(11)14(20)19(13)25-26(21,22)23/h5,8-9,11,13H,1-4,6-7,16H2,(H,21,22,23)/t8?,9?,11-,13+/m0/s1. The van der Waals surface area contributed by atoms with Crippen molar-refractivity contribution in [1.82, 2.24) is 15.1 Å². The Morgan fingerprint density at radius 1 is 1.38 bits per heavy atom. The van der Waals surface area contributed by atoms with Gasteiger partial charge in [0.05, 0.1) is 12.1 Å². The summed E-state index contributed by atoms with van der Waals surface area (Å²) < 4.78 is 41.3. The molecule has 4 aliphatic rings. The zero-order valence-electron chi connectivity index (χ0n) is 13.9. The van der Waals surface area contributed by atoms with E-state index in [4.69, 9.17) is 14.8 Å². The number of hydrogen-bond acceptors (Lipinski definition) is 7. The highest BCUT2D eigenvalue weighted by Crippen LogP contribution is 2.62. The quantitative estimate of drug-likeness (QED) is 0.731. The summed E-state index contributed by atoms with van der Waals surface area (Å²) in [4.78, 5) is 14.2. The monoisotopic (exact) mass is 384 g/mol. The number of nitrogens with zero attached hydrogens (tertiary/aromatic N) is 3. The van der Waals surface area contributed by atoms with Crippen LogP contribution in [0.4, 0.5) is 4.79 Å². The van der Waals surface area contributed by atoms with Crippen LogP contribution in [0, 0.1) is 5.41 Å². The molecule has 2 bridgehead atoms. The maximum atomic E-state index is 12.7. The van der Waals surface area contributed by atoms with Gasteiger partial charge in [-0.2, -0.15) is 13.5 Å². The molecular weight excluding hydrogens is 364 g/mol. The molecule has 1 spiro atoms. The van der Waals surface area contributed by atoms with E-state index < -0.39 is 16.4 Å². The molecule has 0 unspecified atom stereocenters. The van der Waals surface area contributed by atoms with Gasteiger partial charge < -0.3 is 15.2 Å². The van der Waals surface area contributed by atoms with Gasteiger partial charge in [-0.15, -0.1) is 4.28 Å². The van der Waals surface area contributed by atoms with Crippen LogP contribution in [-0.4, -0.2) is 52.7 Å². The molecule has 2 saturated carbocycles. The third kappa shape index (κ3) is 2.45. The number of hydrogen-bond donors (Lipinski definition) is 2. The third-order valence-corrected chi connectivity index (χ3v) is 6.65. The van der Waals surface area contributed by atoms with Gasteiger partial charge in [0, 0.05) is 24.6 Å². The van der Waals surface area contributed by atoms with Crippen molar-refractivity contribution in [2.45, 2.75) is 56.1 Å². The molecule has 2 atom stereocenters. The number of urea groups is 1. The van der Waals surface area contributed by atoms with E-state index in [1.807, 2.05) is 6.07 Å². The number of nitrogens with two attached hydrogens (primary N) is 1. The second-order valence-corrected chi connectivity index (χ2v) is 8.95. The molecule has 3 heterocycles. The number of rotatable bonds is 4. The molecule has 1 aromatic heterocycles. The lowest BCUT2D eigenvalue weighted by atomic mass is 9.79. The summed E-state index contributed by atoms with van der Waals surface area (Å²) in [5.41, 5.74) is 6.30. The first-order valence-electron chi connectivity index (χ1n) is 8.75. The lowest BCUT2D eigenvalue weighted by molar-refractivity contribution is -0.0527. The molecule has 2 aliphatic heterocycles. The molecular formula is C15H20N4O6S. The highest BCUT2D eigenvalue weighted by atomic mass is 32.3. The van der Waals surface area contributed by atoms with E-state index in [1.165, 1.54) is 0 Å². The van der Waals surface area contributed by atoms with Gasteiger partial charge in [-0.1, -0.05) is 5.16 Å². The predicted octanol–water partition coefficient (Wildman–Crippen LogP) is 0.945. The summed E-state index contributed by atoms with van der Waals surface area (Å²) in [7, 11) is -4.76. The predicted molar refractivity (Wildman–Crippen MR) is 85.8 cm³/mol. The van der Waals surface area contributed by atoms with Crippen LogP contribution in [-0.2, 0) is 14.7 Å². The van der Waals surface area contributed by atoms with Gasteiger partial charge in [0.2, 0.25) is 0 Å². The minimum Gasteiger partial charge on any atom is -0.361 e. The molecule has 0 radical (unpaired) electrons. The Bertz CT molecular complexity index is 859. The van der Waals surface area contributed by atoms with Crippen LogP contribution in [0.2, 0.25) is 0 Å². The Hall–Kier alpha value is -1.69. The van der Waals surface area contributed by atoms with Crippen LogP contribution < -0.4 is 5.73 Å². The van der Waals surface area contributed by atoms with E-state index in [1.54, 1.807) is 4.90 Å². The van der Waals surface area contributed by atoms with E-state index in [0.717, 1.165) is 36.5 Å². The second-order valence-electron chi connectivity index (χ2n) is 7.94. The van der Waals surface area contributed by atoms with E-state index in [0.29, 0.717) is 18.7 Å². The van der Waals surface area contributed by atoms with Crippen molar-refractivity contribution in [1.29, 1.82) is 0 Å². The summed E-state index contributed by atoms with van der Waals surface area (Å²) in [5, 5.41) is 4.99. The molecule has 4 fully saturated rings. The fourth-order valence-electron chi connectivity index (χ4n) is 4.63. The van der Waals surface area contributed by atoms with Gasteiger partial charge in [0.25, 0.3) is 0 Å². The van der Waals surface area contributed by atoms with Crippen molar-refractivity contribution < 1.29 is 26.6 Å². The molecule has 2 amide bonds. The molecule has 10 nitrogen and oxygen atoms in total. The fraction of sp³-hybridized carbons (Fsp3) is 0.733. The van der Waals surface area contributed by atoms with Crippen molar-refractivity contribution in [3.63, 3.8) is 0 Å². The smallest absolute Gasteiger partial charge is 0.361 e. The lowest BCUT2D eigenvalue weighted by Crippen LogP contribution is -2.43. The summed E-state index contributed by atoms with van der Waals surface area (Å²) in [6, 6.07) is 0.838. The molecule has 11 heteroatoms. The molecule has 26 heavy (non-hydrogen) atoms. The maximum absolute atomic E-state index is 12.7. The summed E-state index contributed by atoms with van der Waals surface area (Å²) in [5.74, 6) is 1.05. The van der Waals surface area contributed by atoms with Crippen LogP contribution in [0.15, 0.2) is 10.6 Å². The lowest BCUT2D eigenvalue weighted by Gasteiger charge is -2.35. The SMILES string of the molecule is NC1CC(c2cc([C@@H]3CC4(CC4)[C@H]4CN3C(=O)N4OS(=O)(=O)O)no2)C1. The molecule has 0 aromatic carbocycles. The average molecular weight is 384 g/mol. The molecule has 1 aromatic rings. The zero-order valence-corrected chi connectivity index (χ0v) is 14.8. The van der Waals surface area contributed by atoms with E-state index in [2.05, 4.69) is 9.44 Å². The first-order chi connectivity index (χ1) is 12.3. The first kappa shape index (κ1) is 16.5. The van der Waals surface area contributed by atoms with Gasteiger partial charge in [-0.25, -0.2) is 4.79 Å². The van der Waals surface area contributed by atoms with Crippen molar-refractivity contribution in [3.05, 3.63) is 17.5 Å². The Labute approximate surface area is 150 Å². The van der Waals surface area contributed by atoms with Crippen LogP contribution in [0.25, 0.3) is 0 Å². The summed E-state index contributed by atoms with van der Waals surface area (Å²) >= 11 is 0. The highest BCUT2D eigenvalue weighted by Gasteiger charge is 2.64. The van der Waals surface area contributed by atoms with Crippen molar-refractivity contribution in [3.8, 4) is 0 Å². The average Bonchev–Trinajstić information content (AvgIpc) is 3.02. The number of fused-ring (bicyclic) bond motifs is 3.